The average molecular weight is 453 g/mol. The number of fused-ring (bicyclic) bond motifs is 1. The Morgan fingerprint density at radius 1 is 0.967 bits per heavy atom. The van der Waals surface area contributed by atoms with Crippen molar-refractivity contribution in [2.75, 3.05) is 0 Å². The summed E-state index contributed by atoms with van der Waals surface area (Å²) in [5.74, 6) is 0. The first-order chi connectivity index (χ1) is 14.6. The number of thiophene rings is 2. The molecule has 1 saturated carbocycles. The SMILES string of the molecule is N#Cc1sccc1-c1c(-c2cccs2)n(S(=O)(=O)C2CCCCC2)c2ccccc12. The van der Waals surface area contributed by atoms with Crippen molar-refractivity contribution in [1.82, 2.24) is 3.97 Å². The molecule has 0 radical (unpaired) electrons. The van der Waals surface area contributed by atoms with Crippen LogP contribution in [0.15, 0.2) is 53.2 Å². The molecule has 4 nitrogen and oxygen atoms in total. The van der Waals surface area contributed by atoms with Gasteiger partial charge in [-0.05, 0) is 41.8 Å². The predicted molar refractivity (Wildman–Crippen MR) is 124 cm³/mol. The van der Waals surface area contributed by atoms with Crippen molar-refractivity contribution in [2.24, 2.45) is 0 Å². The zero-order valence-corrected chi connectivity index (χ0v) is 18.7. The lowest BCUT2D eigenvalue weighted by Crippen LogP contribution is -2.29. The number of rotatable bonds is 4. The molecule has 152 valence electrons. The first kappa shape index (κ1) is 19.6. The van der Waals surface area contributed by atoms with Crippen LogP contribution in [0.3, 0.4) is 0 Å². The predicted octanol–water partition coefficient (Wildman–Crippen LogP) is 6.48. The van der Waals surface area contributed by atoms with Crippen molar-refractivity contribution < 1.29 is 8.42 Å². The second-order valence-electron chi connectivity index (χ2n) is 7.56. The van der Waals surface area contributed by atoms with E-state index in [1.54, 1.807) is 3.97 Å². The molecule has 0 amide bonds. The summed E-state index contributed by atoms with van der Waals surface area (Å²) in [6, 6.07) is 15.8. The number of aromatic nitrogens is 1. The third-order valence-electron chi connectivity index (χ3n) is 5.85. The Hall–Kier alpha value is -2.40. The highest BCUT2D eigenvalue weighted by atomic mass is 32.2. The van der Waals surface area contributed by atoms with Gasteiger partial charge in [-0.3, -0.25) is 0 Å². The van der Waals surface area contributed by atoms with Gasteiger partial charge in [0.25, 0.3) is 0 Å². The third-order valence-corrected chi connectivity index (χ3v) is 9.75. The Morgan fingerprint density at radius 3 is 2.50 bits per heavy atom. The zero-order valence-electron chi connectivity index (χ0n) is 16.2. The van der Waals surface area contributed by atoms with Crippen molar-refractivity contribution in [1.29, 1.82) is 5.26 Å². The Balaban J connectivity index is 1.90. The molecule has 3 heterocycles. The maximum absolute atomic E-state index is 14.0. The van der Waals surface area contributed by atoms with Gasteiger partial charge >= 0.3 is 0 Å². The molecule has 0 aliphatic heterocycles. The van der Waals surface area contributed by atoms with Crippen molar-refractivity contribution >= 4 is 43.6 Å². The van der Waals surface area contributed by atoms with Crippen LogP contribution in [0.1, 0.15) is 37.0 Å². The second kappa shape index (κ2) is 7.69. The minimum atomic E-state index is -3.59. The summed E-state index contributed by atoms with van der Waals surface area (Å²) in [5.41, 5.74) is 3.02. The minimum absolute atomic E-state index is 0.369. The summed E-state index contributed by atoms with van der Waals surface area (Å²) >= 11 is 2.92. The summed E-state index contributed by atoms with van der Waals surface area (Å²) in [7, 11) is -3.59. The molecule has 0 saturated heterocycles. The van der Waals surface area contributed by atoms with Gasteiger partial charge < -0.3 is 0 Å². The molecule has 0 atom stereocenters. The van der Waals surface area contributed by atoms with E-state index in [1.807, 2.05) is 53.2 Å². The monoisotopic (exact) mass is 452 g/mol. The van der Waals surface area contributed by atoms with Crippen molar-refractivity contribution in [3.8, 4) is 27.8 Å². The number of benzene rings is 1. The normalized spacial score (nSPS) is 15.4. The summed E-state index contributed by atoms with van der Waals surface area (Å²) in [6.07, 6.45) is 4.41. The molecule has 0 unspecified atom stereocenters. The standard InChI is InChI=1S/C23H20N2O2S3/c24-15-21-18(12-14-29-21)22-17-9-4-5-10-19(17)25(23(22)20-11-6-13-28-20)30(26,27)16-7-2-1-3-8-16/h4-6,9-14,16H,1-3,7-8H2. The Kier molecular flexibility index (Phi) is 5.02. The van der Waals surface area contributed by atoms with Crippen molar-refractivity contribution in [3.63, 3.8) is 0 Å². The van der Waals surface area contributed by atoms with Gasteiger partial charge in [-0.2, -0.15) is 5.26 Å². The van der Waals surface area contributed by atoms with Gasteiger partial charge in [0.2, 0.25) is 10.0 Å². The Morgan fingerprint density at radius 2 is 1.77 bits per heavy atom. The third kappa shape index (κ3) is 3.02. The zero-order chi connectivity index (χ0) is 20.7. The lowest BCUT2D eigenvalue weighted by molar-refractivity contribution is 0.480. The molecule has 4 aromatic rings. The number of hydrogen-bond donors (Lipinski definition) is 0. The van der Waals surface area contributed by atoms with E-state index in [0.717, 1.165) is 40.7 Å². The second-order valence-corrected chi connectivity index (χ2v) is 11.5. The van der Waals surface area contributed by atoms with Crippen LogP contribution >= 0.6 is 22.7 Å². The molecular formula is C23H20N2O2S3. The van der Waals surface area contributed by atoms with E-state index >= 15 is 0 Å². The summed E-state index contributed by atoms with van der Waals surface area (Å²) in [4.78, 5) is 1.50. The van der Waals surface area contributed by atoms with Gasteiger partial charge in [0.05, 0.1) is 21.3 Å². The van der Waals surface area contributed by atoms with Crippen molar-refractivity contribution in [2.45, 2.75) is 37.4 Å². The quantitative estimate of drug-likeness (QED) is 0.356. The fraction of sp³-hybridized carbons (Fsp3) is 0.261. The molecule has 1 aliphatic carbocycles. The molecule has 0 N–H and O–H groups in total. The topological polar surface area (TPSA) is 62.9 Å². The van der Waals surface area contributed by atoms with Crippen LogP contribution in [0.25, 0.3) is 32.6 Å². The first-order valence-corrected chi connectivity index (χ1v) is 13.3. The number of nitriles is 1. The average Bonchev–Trinajstić information content (AvgIpc) is 3.51. The van der Waals surface area contributed by atoms with Gasteiger partial charge in [0.1, 0.15) is 10.9 Å². The molecule has 5 rings (SSSR count). The van der Waals surface area contributed by atoms with Crippen LogP contribution < -0.4 is 0 Å². The summed E-state index contributed by atoms with van der Waals surface area (Å²) < 4.78 is 29.5. The van der Waals surface area contributed by atoms with E-state index in [1.165, 1.54) is 22.7 Å². The van der Waals surface area contributed by atoms with E-state index in [9.17, 15) is 13.7 Å². The van der Waals surface area contributed by atoms with Crippen LogP contribution in [-0.4, -0.2) is 17.6 Å². The van der Waals surface area contributed by atoms with E-state index < -0.39 is 10.0 Å². The molecule has 30 heavy (non-hydrogen) atoms. The molecular weight excluding hydrogens is 432 g/mol. The molecule has 1 aliphatic rings. The Bertz CT molecular complexity index is 1350. The lowest BCUT2D eigenvalue weighted by atomic mass is 10.0. The van der Waals surface area contributed by atoms with E-state index in [0.29, 0.717) is 28.9 Å². The highest BCUT2D eigenvalue weighted by Crippen LogP contribution is 2.46. The molecule has 7 heteroatoms. The summed E-state index contributed by atoms with van der Waals surface area (Å²) in [5, 5.41) is 14.0. The van der Waals surface area contributed by atoms with Crippen LogP contribution in [-0.2, 0) is 10.0 Å². The number of nitrogens with zero attached hydrogens (tertiary/aromatic N) is 2. The van der Waals surface area contributed by atoms with E-state index in [4.69, 9.17) is 0 Å². The van der Waals surface area contributed by atoms with Gasteiger partial charge in [-0.25, -0.2) is 12.4 Å². The molecule has 1 fully saturated rings. The van der Waals surface area contributed by atoms with Gasteiger partial charge in [-0.1, -0.05) is 43.5 Å². The van der Waals surface area contributed by atoms with Crippen LogP contribution in [0.2, 0.25) is 0 Å². The fourth-order valence-electron chi connectivity index (χ4n) is 4.49. The maximum atomic E-state index is 14.0. The van der Waals surface area contributed by atoms with Gasteiger partial charge in [0.15, 0.2) is 0 Å². The highest BCUT2D eigenvalue weighted by Gasteiger charge is 2.34. The van der Waals surface area contributed by atoms with Crippen LogP contribution in [0.4, 0.5) is 0 Å². The maximum Gasteiger partial charge on any atom is 0.242 e. The largest absolute Gasteiger partial charge is 0.242 e. The van der Waals surface area contributed by atoms with E-state index in [2.05, 4.69) is 6.07 Å². The van der Waals surface area contributed by atoms with Crippen LogP contribution in [0.5, 0.6) is 0 Å². The van der Waals surface area contributed by atoms with Crippen LogP contribution in [0, 0.1) is 11.3 Å². The summed E-state index contributed by atoms with van der Waals surface area (Å²) in [6.45, 7) is 0. The van der Waals surface area contributed by atoms with Gasteiger partial charge in [-0.15, -0.1) is 22.7 Å². The van der Waals surface area contributed by atoms with Gasteiger partial charge in [0, 0.05) is 16.5 Å². The highest BCUT2D eigenvalue weighted by molar-refractivity contribution is 7.90. The minimum Gasteiger partial charge on any atom is -0.235 e. The number of para-hydroxylation sites is 1. The van der Waals surface area contributed by atoms with E-state index in [-0.39, 0.29) is 5.25 Å². The molecule has 1 aromatic carbocycles. The molecule has 0 bridgehead atoms. The first-order valence-electron chi connectivity index (χ1n) is 10.0. The fourth-order valence-corrected chi connectivity index (χ4v) is 8.11. The van der Waals surface area contributed by atoms with Crippen molar-refractivity contribution in [3.05, 3.63) is 58.1 Å². The molecule has 3 aromatic heterocycles. The lowest BCUT2D eigenvalue weighted by Gasteiger charge is -2.24. The smallest absolute Gasteiger partial charge is 0.235 e. The molecule has 0 spiro atoms. The number of hydrogen-bond acceptors (Lipinski definition) is 5. The Labute approximate surface area is 184 Å².